The van der Waals surface area contributed by atoms with Crippen molar-refractivity contribution in [2.24, 2.45) is 5.92 Å². The van der Waals surface area contributed by atoms with Crippen LogP contribution in [0.3, 0.4) is 0 Å². The molecule has 0 aliphatic heterocycles. The summed E-state index contributed by atoms with van der Waals surface area (Å²) in [5.41, 5.74) is 0. The second kappa shape index (κ2) is 3.69. The lowest BCUT2D eigenvalue weighted by Crippen LogP contribution is -2.42. The van der Waals surface area contributed by atoms with Gasteiger partial charge < -0.3 is 5.32 Å². The summed E-state index contributed by atoms with van der Waals surface area (Å²) in [6.45, 7) is 4.75. The maximum atomic E-state index is 13.0. The van der Waals surface area contributed by atoms with Crippen molar-refractivity contribution >= 4 is 0 Å². The van der Waals surface area contributed by atoms with E-state index in [0.29, 0.717) is 25.3 Å². The zero-order valence-corrected chi connectivity index (χ0v) is 7.74. The normalized spacial score (nSPS) is 28.2. The van der Waals surface area contributed by atoms with Crippen LogP contribution in [0.2, 0.25) is 0 Å². The monoisotopic (exact) mass is 177 g/mol. The molecule has 12 heavy (non-hydrogen) atoms. The highest BCUT2D eigenvalue weighted by Crippen LogP contribution is 2.34. The minimum absolute atomic E-state index is 0.0583. The molecule has 1 N–H and O–H groups in total. The van der Waals surface area contributed by atoms with E-state index in [1.54, 1.807) is 0 Å². The number of hydrogen-bond acceptors (Lipinski definition) is 1. The number of rotatable bonds is 3. The van der Waals surface area contributed by atoms with Gasteiger partial charge in [-0.25, -0.2) is 8.78 Å². The fourth-order valence-corrected chi connectivity index (χ4v) is 1.56. The highest BCUT2D eigenvalue weighted by Gasteiger charge is 2.43. The summed E-state index contributed by atoms with van der Waals surface area (Å²) in [5.74, 6) is -2.02. The lowest BCUT2D eigenvalue weighted by Gasteiger charge is -2.21. The van der Waals surface area contributed by atoms with Gasteiger partial charge in [0, 0.05) is 6.42 Å². The summed E-state index contributed by atoms with van der Waals surface area (Å²) in [4.78, 5) is 0. The average Bonchev–Trinajstić information content (AvgIpc) is 2.25. The third kappa shape index (κ3) is 2.41. The van der Waals surface area contributed by atoms with Crippen LogP contribution in [-0.4, -0.2) is 18.5 Å². The molecule has 1 aliphatic carbocycles. The van der Waals surface area contributed by atoms with Gasteiger partial charge in [0.2, 0.25) is 0 Å². The van der Waals surface area contributed by atoms with Crippen LogP contribution in [-0.2, 0) is 0 Å². The Bertz CT molecular complexity index is 145. The Morgan fingerprint density at radius 1 is 1.50 bits per heavy atom. The number of alkyl halides is 2. The molecule has 72 valence electrons. The molecule has 0 amide bonds. The van der Waals surface area contributed by atoms with Crippen LogP contribution in [0.25, 0.3) is 0 Å². The van der Waals surface area contributed by atoms with Crippen LogP contribution in [0.1, 0.15) is 33.1 Å². The Balaban J connectivity index is 2.32. The maximum Gasteiger partial charge on any atom is 0.263 e. The van der Waals surface area contributed by atoms with Crippen molar-refractivity contribution < 1.29 is 8.78 Å². The van der Waals surface area contributed by atoms with E-state index in [2.05, 4.69) is 5.32 Å². The summed E-state index contributed by atoms with van der Waals surface area (Å²) in [6.07, 6.45) is 1.34. The van der Waals surface area contributed by atoms with E-state index in [1.165, 1.54) is 0 Å². The van der Waals surface area contributed by atoms with Gasteiger partial charge in [0.05, 0.1) is 6.04 Å². The Hall–Kier alpha value is -0.180. The van der Waals surface area contributed by atoms with Gasteiger partial charge in [0.15, 0.2) is 0 Å². The lowest BCUT2D eigenvalue weighted by molar-refractivity contribution is -0.0184. The molecule has 1 aliphatic rings. The molecular weight excluding hydrogens is 160 g/mol. The van der Waals surface area contributed by atoms with Gasteiger partial charge in [-0.3, -0.25) is 0 Å². The first-order chi connectivity index (χ1) is 5.52. The van der Waals surface area contributed by atoms with Crippen LogP contribution in [0.15, 0.2) is 0 Å². The SMILES string of the molecule is CC(C)CNC1CCCC1(F)F. The first kappa shape index (κ1) is 9.90. The van der Waals surface area contributed by atoms with Crippen molar-refractivity contribution in [2.45, 2.75) is 45.1 Å². The second-order valence-corrected chi connectivity index (χ2v) is 4.01. The fraction of sp³-hybridized carbons (Fsp3) is 1.00. The predicted octanol–water partition coefficient (Wildman–Crippen LogP) is 2.42. The van der Waals surface area contributed by atoms with E-state index in [4.69, 9.17) is 0 Å². The van der Waals surface area contributed by atoms with Crippen molar-refractivity contribution in [1.29, 1.82) is 0 Å². The Morgan fingerprint density at radius 2 is 2.17 bits per heavy atom. The molecule has 1 fully saturated rings. The summed E-state index contributed by atoms with van der Waals surface area (Å²) >= 11 is 0. The largest absolute Gasteiger partial charge is 0.308 e. The molecular formula is C9H17F2N. The summed E-state index contributed by atoms with van der Waals surface area (Å²) in [6, 6.07) is -0.570. The minimum Gasteiger partial charge on any atom is -0.308 e. The first-order valence-electron chi connectivity index (χ1n) is 4.63. The molecule has 0 aromatic rings. The Kier molecular flexibility index (Phi) is 3.04. The van der Waals surface area contributed by atoms with E-state index in [-0.39, 0.29) is 6.42 Å². The molecule has 1 rings (SSSR count). The molecule has 0 bridgehead atoms. The van der Waals surface area contributed by atoms with Gasteiger partial charge in [-0.2, -0.15) is 0 Å². The number of halogens is 2. The van der Waals surface area contributed by atoms with Crippen LogP contribution in [0.4, 0.5) is 8.78 Å². The quantitative estimate of drug-likeness (QED) is 0.698. The number of nitrogens with one attached hydrogen (secondary N) is 1. The van der Waals surface area contributed by atoms with E-state index in [9.17, 15) is 8.78 Å². The van der Waals surface area contributed by atoms with Crippen molar-refractivity contribution in [3.05, 3.63) is 0 Å². The molecule has 1 nitrogen and oxygen atoms in total. The third-order valence-corrected chi connectivity index (χ3v) is 2.29. The zero-order chi connectivity index (χ0) is 9.19. The average molecular weight is 177 g/mol. The van der Waals surface area contributed by atoms with Gasteiger partial charge in [-0.15, -0.1) is 0 Å². The van der Waals surface area contributed by atoms with Gasteiger partial charge in [0.25, 0.3) is 5.92 Å². The smallest absolute Gasteiger partial charge is 0.263 e. The van der Waals surface area contributed by atoms with Crippen molar-refractivity contribution in [3.8, 4) is 0 Å². The van der Waals surface area contributed by atoms with Gasteiger partial charge in [-0.1, -0.05) is 13.8 Å². The molecule has 0 spiro atoms. The molecule has 1 unspecified atom stereocenters. The predicted molar refractivity (Wildman–Crippen MR) is 45.4 cm³/mol. The van der Waals surface area contributed by atoms with E-state index in [1.807, 2.05) is 13.8 Å². The Labute approximate surface area is 72.5 Å². The van der Waals surface area contributed by atoms with Crippen LogP contribution in [0, 0.1) is 5.92 Å². The summed E-state index contributed by atoms with van der Waals surface area (Å²) in [5, 5.41) is 2.92. The molecule has 0 aromatic carbocycles. The van der Waals surface area contributed by atoms with E-state index >= 15 is 0 Å². The third-order valence-electron chi connectivity index (χ3n) is 2.29. The van der Waals surface area contributed by atoms with Gasteiger partial charge in [0.1, 0.15) is 0 Å². The van der Waals surface area contributed by atoms with Gasteiger partial charge in [-0.05, 0) is 25.3 Å². The van der Waals surface area contributed by atoms with Crippen LogP contribution < -0.4 is 5.32 Å². The first-order valence-corrected chi connectivity index (χ1v) is 4.63. The highest BCUT2D eigenvalue weighted by atomic mass is 19.3. The molecule has 0 saturated heterocycles. The van der Waals surface area contributed by atoms with Crippen molar-refractivity contribution in [1.82, 2.24) is 5.32 Å². The summed E-state index contributed by atoms with van der Waals surface area (Å²) < 4.78 is 26.0. The zero-order valence-electron chi connectivity index (χ0n) is 7.74. The van der Waals surface area contributed by atoms with Crippen LogP contribution in [0.5, 0.6) is 0 Å². The standard InChI is InChI=1S/C9H17F2N/c1-7(2)6-12-8-4-3-5-9(8,10)11/h7-8,12H,3-6H2,1-2H3. The lowest BCUT2D eigenvalue weighted by atomic mass is 10.1. The second-order valence-electron chi connectivity index (χ2n) is 4.01. The molecule has 3 heteroatoms. The van der Waals surface area contributed by atoms with E-state index < -0.39 is 12.0 Å². The van der Waals surface area contributed by atoms with E-state index in [0.717, 1.165) is 0 Å². The molecule has 0 radical (unpaired) electrons. The highest BCUT2D eigenvalue weighted by molar-refractivity contribution is 4.89. The summed E-state index contributed by atoms with van der Waals surface area (Å²) in [7, 11) is 0. The maximum absolute atomic E-state index is 13.0. The topological polar surface area (TPSA) is 12.0 Å². The fourth-order valence-electron chi connectivity index (χ4n) is 1.56. The van der Waals surface area contributed by atoms with Crippen molar-refractivity contribution in [2.75, 3.05) is 6.54 Å². The molecule has 1 atom stereocenters. The van der Waals surface area contributed by atoms with Gasteiger partial charge >= 0.3 is 0 Å². The molecule has 0 aromatic heterocycles. The van der Waals surface area contributed by atoms with Crippen LogP contribution >= 0.6 is 0 Å². The molecule has 0 heterocycles. The Morgan fingerprint density at radius 3 is 2.58 bits per heavy atom. The van der Waals surface area contributed by atoms with Crippen molar-refractivity contribution in [3.63, 3.8) is 0 Å². The minimum atomic E-state index is -2.46. The molecule has 1 saturated carbocycles. The number of hydrogen-bond donors (Lipinski definition) is 1.